The first kappa shape index (κ1) is 15.0. The number of benzene rings is 1. The van der Waals surface area contributed by atoms with Crippen LogP contribution in [0.15, 0.2) is 0 Å². The van der Waals surface area contributed by atoms with Crippen molar-refractivity contribution in [2.75, 3.05) is 7.05 Å². The fourth-order valence-corrected chi connectivity index (χ4v) is 2.41. The highest BCUT2D eigenvalue weighted by molar-refractivity contribution is 5.30. The largest absolute Gasteiger partial charge is 0.484 e. The quantitative estimate of drug-likeness (QED) is 0.525. The van der Waals surface area contributed by atoms with E-state index in [4.69, 9.17) is 4.74 Å². The molecule has 1 saturated carbocycles. The first-order chi connectivity index (χ1) is 9.21. The van der Waals surface area contributed by atoms with Crippen LogP contribution >= 0.6 is 0 Å². The molecule has 20 heavy (non-hydrogen) atoms. The van der Waals surface area contributed by atoms with Crippen LogP contribution in [0.1, 0.15) is 20.3 Å². The summed E-state index contributed by atoms with van der Waals surface area (Å²) in [6.07, 6.45) is -0.212. The van der Waals surface area contributed by atoms with Gasteiger partial charge in [-0.05, 0) is 7.05 Å². The van der Waals surface area contributed by atoms with Gasteiger partial charge in [0.05, 0.1) is 0 Å². The lowest BCUT2D eigenvalue weighted by Crippen LogP contribution is -2.61. The SMILES string of the molecule is CNC1CC(Oc2c(F)c(F)c(F)c(F)c2F)C1(C)C. The van der Waals surface area contributed by atoms with E-state index in [9.17, 15) is 22.0 Å². The van der Waals surface area contributed by atoms with Gasteiger partial charge in [-0.15, -0.1) is 0 Å². The molecule has 0 saturated heterocycles. The Morgan fingerprint density at radius 2 is 1.40 bits per heavy atom. The van der Waals surface area contributed by atoms with Crippen LogP contribution in [0.25, 0.3) is 0 Å². The molecule has 1 aliphatic carbocycles. The van der Waals surface area contributed by atoms with Crippen LogP contribution in [0.4, 0.5) is 22.0 Å². The van der Waals surface area contributed by atoms with E-state index in [1.165, 1.54) is 0 Å². The van der Waals surface area contributed by atoms with Gasteiger partial charge in [-0.25, -0.2) is 13.2 Å². The standard InChI is InChI=1S/C13H14F5NO/c1-13(2)5(19-3)4-6(13)20-12-10(17)8(15)7(14)9(16)11(12)18/h5-6,19H,4H2,1-3H3. The molecule has 1 aliphatic rings. The highest BCUT2D eigenvalue weighted by Crippen LogP contribution is 2.44. The smallest absolute Gasteiger partial charge is 0.207 e. The van der Waals surface area contributed by atoms with Crippen molar-refractivity contribution in [1.29, 1.82) is 0 Å². The molecular weight excluding hydrogens is 281 g/mol. The molecule has 0 aromatic heterocycles. The Bertz CT molecular complexity index is 517. The molecule has 0 spiro atoms. The van der Waals surface area contributed by atoms with Gasteiger partial charge < -0.3 is 10.1 Å². The highest BCUT2D eigenvalue weighted by atomic mass is 19.2. The topological polar surface area (TPSA) is 21.3 Å². The molecule has 0 radical (unpaired) electrons. The first-order valence-corrected chi connectivity index (χ1v) is 6.07. The van der Waals surface area contributed by atoms with E-state index in [0.29, 0.717) is 6.42 Å². The van der Waals surface area contributed by atoms with Crippen molar-refractivity contribution in [3.05, 3.63) is 29.1 Å². The Balaban J connectivity index is 2.32. The summed E-state index contributed by atoms with van der Waals surface area (Å²) in [7, 11) is 1.72. The van der Waals surface area contributed by atoms with Gasteiger partial charge in [0.2, 0.25) is 29.1 Å². The molecule has 1 aromatic rings. The van der Waals surface area contributed by atoms with E-state index < -0.39 is 46.4 Å². The van der Waals surface area contributed by atoms with E-state index >= 15 is 0 Å². The molecule has 1 aromatic carbocycles. The van der Waals surface area contributed by atoms with Crippen molar-refractivity contribution in [1.82, 2.24) is 5.32 Å². The fraction of sp³-hybridized carbons (Fsp3) is 0.538. The third kappa shape index (κ3) is 2.04. The Morgan fingerprint density at radius 1 is 0.950 bits per heavy atom. The number of hydrogen-bond acceptors (Lipinski definition) is 2. The number of rotatable bonds is 3. The van der Waals surface area contributed by atoms with Crippen LogP contribution in [-0.4, -0.2) is 19.2 Å². The zero-order chi connectivity index (χ0) is 15.2. The van der Waals surface area contributed by atoms with Gasteiger partial charge in [-0.2, -0.15) is 8.78 Å². The zero-order valence-corrected chi connectivity index (χ0v) is 11.2. The summed E-state index contributed by atoms with van der Waals surface area (Å²) in [6.45, 7) is 3.57. The van der Waals surface area contributed by atoms with Crippen LogP contribution in [0.2, 0.25) is 0 Å². The maximum atomic E-state index is 13.5. The molecule has 2 atom stereocenters. The molecule has 1 fully saturated rings. The van der Waals surface area contributed by atoms with Gasteiger partial charge >= 0.3 is 0 Å². The van der Waals surface area contributed by atoms with Crippen LogP contribution in [0, 0.1) is 34.5 Å². The predicted molar refractivity (Wildman–Crippen MR) is 61.9 cm³/mol. The monoisotopic (exact) mass is 295 g/mol. The maximum absolute atomic E-state index is 13.5. The average molecular weight is 295 g/mol. The molecule has 1 N–H and O–H groups in total. The lowest BCUT2D eigenvalue weighted by Gasteiger charge is -2.51. The summed E-state index contributed by atoms with van der Waals surface area (Å²) in [5, 5.41) is 2.99. The summed E-state index contributed by atoms with van der Waals surface area (Å²) < 4.78 is 71.0. The Labute approximate surface area is 112 Å². The molecule has 2 nitrogen and oxygen atoms in total. The van der Waals surface area contributed by atoms with Crippen molar-refractivity contribution in [3.63, 3.8) is 0 Å². The number of nitrogens with one attached hydrogen (secondary N) is 1. The molecule has 0 bridgehead atoms. The van der Waals surface area contributed by atoms with Crippen molar-refractivity contribution >= 4 is 0 Å². The first-order valence-electron chi connectivity index (χ1n) is 6.07. The van der Waals surface area contributed by atoms with Crippen molar-refractivity contribution in [2.45, 2.75) is 32.4 Å². The summed E-state index contributed by atoms with van der Waals surface area (Å²) in [4.78, 5) is 0. The lowest BCUT2D eigenvalue weighted by molar-refractivity contribution is -0.0564. The molecule has 0 aliphatic heterocycles. The van der Waals surface area contributed by atoms with Crippen LogP contribution in [-0.2, 0) is 0 Å². The van der Waals surface area contributed by atoms with Crippen LogP contribution in [0.5, 0.6) is 5.75 Å². The second-order valence-electron chi connectivity index (χ2n) is 5.40. The van der Waals surface area contributed by atoms with Gasteiger partial charge in [0, 0.05) is 17.9 Å². The minimum absolute atomic E-state index is 0.0498. The van der Waals surface area contributed by atoms with Gasteiger partial charge in [0.1, 0.15) is 6.10 Å². The summed E-state index contributed by atoms with van der Waals surface area (Å²) >= 11 is 0. The van der Waals surface area contributed by atoms with E-state index in [0.717, 1.165) is 0 Å². The molecule has 2 rings (SSSR count). The van der Waals surface area contributed by atoms with Crippen LogP contribution in [0.3, 0.4) is 0 Å². The minimum Gasteiger partial charge on any atom is -0.484 e. The summed E-state index contributed by atoms with van der Waals surface area (Å²) in [6, 6.07) is 0.0498. The van der Waals surface area contributed by atoms with Crippen molar-refractivity contribution < 1.29 is 26.7 Å². The average Bonchev–Trinajstić information content (AvgIpc) is 2.41. The molecular formula is C13H14F5NO. The second-order valence-corrected chi connectivity index (χ2v) is 5.40. The zero-order valence-electron chi connectivity index (χ0n) is 11.2. The highest BCUT2D eigenvalue weighted by Gasteiger charge is 2.50. The third-order valence-corrected chi connectivity index (χ3v) is 3.96. The van der Waals surface area contributed by atoms with E-state index in [1.54, 1.807) is 20.9 Å². The Kier molecular flexibility index (Phi) is 3.66. The van der Waals surface area contributed by atoms with Crippen molar-refractivity contribution in [2.24, 2.45) is 5.41 Å². The predicted octanol–water partition coefficient (Wildman–Crippen LogP) is 3.15. The molecule has 7 heteroatoms. The van der Waals surface area contributed by atoms with Gasteiger partial charge in [-0.1, -0.05) is 13.8 Å². The van der Waals surface area contributed by atoms with Crippen LogP contribution < -0.4 is 10.1 Å². The van der Waals surface area contributed by atoms with Crippen molar-refractivity contribution in [3.8, 4) is 5.75 Å². The van der Waals surface area contributed by atoms with E-state index in [2.05, 4.69) is 5.32 Å². The normalized spacial score (nSPS) is 24.4. The van der Waals surface area contributed by atoms with Gasteiger partial charge in [0.25, 0.3) is 0 Å². The Hall–Kier alpha value is -1.37. The summed E-state index contributed by atoms with van der Waals surface area (Å²) in [5.41, 5.74) is -0.477. The molecule has 0 heterocycles. The minimum atomic E-state index is -2.19. The number of hydrogen-bond donors (Lipinski definition) is 1. The van der Waals surface area contributed by atoms with E-state index in [1.807, 2.05) is 0 Å². The van der Waals surface area contributed by atoms with Gasteiger partial charge in [-0.3, -0.25) is 0 Å². The van der Waals surface area contributed by atoms with Gasteiger partial charge in [0.15, 0.2) is 5.75 Å². The lowest BCUT2D eigenvalue weighted by atomic mass is 9.64. The fourth-order valence-electron chi connectivity index (χ4n) is 2.41. The Morgan fingerprint density at radius 3 is 1.80 bits per heavy atom. The second kappa shape index (κ2) is 4.87. The third-order valence-electron chi connectivity index (χ3n) is 3.96. The summed E-state index contributed by atoms with van der Waals surface area (Å²) in [5.74, 6) is -11.3. The molecule has 112 valence electrons. The maximum Gasteiger partial charge on any atom is 0.207 e. The molecule has 2 unspecified atom stereocenters. The number of ether oxygens (including phenoxy) is 1. The molecule has 0 amide bonds. The van der Waals surface area contributed by atoms with E-state index in [-0.39, 0.29) is 6.04 Å². The number of halogens is 5.